The van der Waals surface area contributed by atoms with Crippen LogP contribution in [0.5, 0.6) is 0 Å². The molecule has 2 aromatic rings. The molecule has 1 unspecified atom stereocenters. The maximum atomic E-state index is 12.4. The van der Waals surface area contributed by atoms with Gasteiger partial charge in [-0.25, -0.2) is 4.79 Å². The van der Waals surface area contributed by atoms with Crippen LogP contribution in [0, 0.1) is 3.57 Å². The molecule has 2 aromatic carbocycles. The number of methoxy groups -OCH3 is 1. The second-order valence-corrected chi connectivity index (χ2v) is 9.65. The maximum absolute atomic E-state index is 12.4. The molecule has 0 bridgehead atoms. The average Bonchev–Trinajstić information content (AvgIpc) is 2.67. The predicted molar refractivity (Wildman–Crippen MR) is 128 cm³/mol. The summed E-state index contributed by atoms with van der Waals surface area (Å²) in [5.74, 6) is -0.887. The second-order valence-electron chi connectivity index (χ2n) is 5.62. The van der Waals surface area contributed by atoms with Crippen LogP contribution in [0.25, 0.3) is 0 Å². The summed E-state index contributed by atoms with van der Waals surface area (Å²) in [7, 11) is 1.30. The molecule has 0 saturated carbocycles. The van der Waals surface area contributed by atoms with Crippen molar-refractivity contribution in [3.8, 4) is 0 Å². The van der Waals surface area contributed by atoms with Crippen molar-refractivity contribution in [2.24, 2.45) is 0 Å². The molecule has 29 heavy (non-hydrogen) atoms. The summed E-state index contributed by atoms with van der Waals surface area (Å²) in [6.07, 6.45) is -1.10. The number of halogens is 4. The highest BCUT2D eigenvalue weighted by Gasteiger charge is 2.34. The molecule has 6 nitrogen and oxygen atoms in total. The van der Waals surface area contributed by atoms with Gasteiger partial charge in [0.05, 0.1) is 12.7 Å². The van der Waals surface area contributed by atoms with E-state index >= 15 is 0 Å². The number of carbonyl (C=O) groups is 2. The van der Waals surface area contributed by atoms with E-state index in [1.165, 1.54) is 7.11 Å². The molecule has 0 aliphatic rings. The minimum atomic E-state index is -1.88. The highest BCUT2D eigenvalue weighted by molar-refractivity contribution is 14.1. The van der Waals surface area contributed by atoms with Gasteiger partial charge in [0.15, 0.2) is 5.11 Å². The summed E-state index contributed by atoms with van der Waals surface area (Å²) < 4.78 is 3.75. The molecule has 0 aliphatic carbocycles. The zero-order valence-electron chi connectivity index (χ0n) is 14.8. The number of hydrogen-bond acceptors (Lipinski definition) is 4. The van der Waals surface area contributed by atoms with Gasteiger partial charge < -0.3 is 20.7 Å². The molecular formula is C18H15Cl3IN3O3S. The summed E-state index contributed by atoms with van der Waals surface area (Å²) in [6.45, 7) is 0. The fraction of sp³-hybridized carbons (Fsp3) is 0.167. The molecule has 11 heteroatoms. The van der Waals surface area contributed by atoms with Crippen molar-refractivity contribution >= 4 is 92.3 Å². The topological polar surface area (TPSA) is 79.5 Å². The van der Waals surface area contributed by atoms with Crippen LogP contribution in [0.1, 0.15) is 20.7 Å². The standard InChI is InChI=1S/C18H15Cl3IN3O3S/c1-28-15(27)11-4-8-13(9-5-11)23-17(29)25-16(18(19,20)21)24-14(26)10-2-6-12(22)7-3-10/h2-9,16H,1H3,(H,24,26)(H2,23,25,29). The molecule has 0 heterocycles. The molecule has 3 N–H and O–H groups in total. The third-order valence-electron chi connectivity index (χ3n) is 3.55. The van der Waals surface area contributed by atoms with Crippen molar-refractivity contribution < 1.29 is 14.3 Å². The van der Waals surface area contributed by atoms with E-state index in [-0.39, 0.29) is 5.11 Å². The Morgan fingerprint density at radius 1 is 1.00 bits per heavy atom. The number of rotatable bonds is 5. The summed E-state index contributed by atoms with van der Waals surface area (Å²) in [5.41, 5.74) is 1.38. The average molecular weight is 587 g/mol. The van der Waals surface area contributed by atoms with Gasteiger partial charge >= 0.3 is 5.97 Å². The number of esters is 1. The van der Waals surface area contributed by atoms with E-state index in [9.17, 15) is 9.59 Å². The smallest absolute Gasteiger partial charge is 0.337 e. The van der Waals surface area contributed by atoms with Crippen LogP contribution >= 0.6 is 69.6 Å². The van der Waals surface area contributed by atoms with Crippen molar-refractivity contribution in [2.45, 2.75) is 9.96 Å². The van der Waals surface area contributed by atoms with Crippen LogP contribution < -0.4 is 16.0 Å². The van der Waals surface area contributed by atoms with Gasteiger partial charge in [-0.15, -0.1) is 0 Å². The number of hydrogen-bond donors (Lipinski definition) is 3. The quantitative estimate of drug-likeness (QED) is 0.158. The number of thiocarbonyl (C=S) groups is 1. The molecular weight excluding hydrogens is 572 g/mol. The Kier molecular flexibility index (Phi) is 8.77. The van der Waals surface area contributed by atoms with Gasteiger partial charge in [0.25, 0.3) is 5.91 Å². The van der Waals surface area contributed by atoms with E-state index in [1.54, 1.807) is 48.5 Å². The second kappa shape index (κ2) is 10.6. The van der Waals surface area contributed by atoms with Gasteiger partial charge in [-0.2, -0.15) is 0 Å². The molecule has 2 rings (SSSR count). The lowest BCUT2D eigenvalue weighted by molar-refractivity contribution is 0.0600. The van der Waals surface area contributed by atoms with Crippen molar-refractivity contribution in [1.29, 1.82) is 0 Å². The van der Waals surface area contributed by atoms with Crippen molar-refractivity contribution in [3.63, 3.8) is 0 Å². The minimum absolute atomic E-state index is 0.107. The van der Waals surface area contributed by atoms with Gasteiger partial charge in [-0.05, 0) is 83.3 Å². The Morgan fingerprint density at radius 3 is 2.07 bits per heavy atom. The Morgan fingerprint density at radius 2 is 1.55 bits per heavy atom. The van der Waals surface area contributed by atoms with E-state index in [0.717, 1.165) is 3.57 Å². The first-order valence-electron chi connectivity index (χ1n) is 7.99. The lowest BCUT2D eigenvalue weighted by atomic mass is 10.2. The van der Waals surface area contributed by atoms with Gasteiger partial charge in [-0.1, -0.05) is 34.8 Å². The third kappa shape index (κ3) is 7.45. The molecule has 0 aliphatic heterocycles. The lowest BCUT2D eigenvalue weighted by Gasteiger charge is -2.27. The third-order valence-corrected chi connectivity index (χ3v) is 5.14. The predicted octanol–water partition coefficient (Wildman–Crippen LogP) is 4.49. The Hall–Kier alpha value is -1.33. The number of carbonyl (C=O) groups excluding carboxylic acids is 2. The monoisotopic (exact) mass is 585 g/mol. The maximum Gasteiger partial charge on any atom is 0.337 e. The van der Waals surface area contributed by atoms with Gasteiger partial charge in [0.1, 0.15) is 6.17 Å². The van der Waals surface area contributed by atoms with Gasteiger partial charge in [-0.3, -0.25) is 4.79 Å². The van der Waals surface area contributed by atoms with E-state index in [0.29, 0.717) is 16.8 Å². The largest absolute Gasteiger partial charge is 0.465 e. The first kappa shape index (κ1) is 23.9. The van der Waals surface area contributed by atoms with E-state index in [2.05, 4.69) is 43.3 Å². The van der Waals surface area contributed by atoms with Crippen LogP contribution in [0.2, 0.25) is 0 Å². The lowest BCUT2D eigenvalue weighted by Crippen LogP contribution is -2.56. The molecule has 0 fully saturated rings. The van der Waals surface area contributed by atoms with Crippen LogP contribution in [0.3, 0.4) is 0 Å². The van der Waals surface area contributed by atoms with Crippen molar-refractivity contribution in [1.82, 2.24) is 10.6 Å². The zero-order valence-corrected chi connectivity index (χ0v) is 20.1. The number of amides is 1. The van der Waals surface area contributed by atoms with Crippen LogP contribution in [0.15, 0.2) is 48.5 Å². The van der Waals surface area contributed by atoms with Crippen LogP contribution in [-0.4, -0.2) is 34.1 Å². The Labute approximate surface area is 201 Å². The first-order chi connectivity index (χ1) is 13.6. The van der Waals surface area contributed by atoms with Gasteiger partial charge in [0.2, 0.25) is 3.79 Å². The van der Waals surface area contributed by atoms with Crippen LogP contribution in [0.4, 0.5) is 5.69 Å². The Bertz CT molecular complexity index is 890. The summed E-state index contributed by atoms with van der Waals surface area (Å²) >= 11 is 25.3. The Balaban J connectivity index is 2.04. The number of anilines is 1. The first-order valence-corrected chi connectivity index (χ1v) is 10.6. The molecule has 154 valence electrons. The SMILES string of the molecule is COC(=O)c1ccc(NC(=S)NC(NC(=O)c2ccc(I)cc2)C(Cl)(Cl)Cl)cc1. The molecule has 0 saturated heterocycles. The van der Waals surface area contributed by atoms with E-state index in [1.807, 2.05) is 0 Å². The minimum Gasteiger partial charge on any atom is -0.465 e. The highest BCUT2D eigenvalue weighted by Crippen LogP contribution is 2.29. The number of alkyl halides is 3. The number of benzene rings is 2. The van der Waals surface area contributed by atoms with E-state index < -0.39 is 21.8 Å². The number of ether oxygens (including phenoxy) is 1. The van der Waals surface area contributed by atoms with E-state index in [4.69, 9.17) is 47.0 Å². The molecule has 0 aromatic heterocycles. The van der Waals surface area contributed by atoms with Crippen molar-refractivity contribution in [2.75, 3.05) is 12.4 Å². The molecule has 1 amide bonds. The zero-order chi connectivity index (χ0) is 21.6. The fourth-order valence-corrected chi connectivity index (χ4v) is 3.04. The summed E-state index contributed by atoms with van der Waals surface area (Å²) in [4.78, 5) is 23.9. The van der Waals surface area contributed by atoms with Gasteiger partial charge in [0, 0.05) is 14.8 Å². The van der Waals surface area contributed by atoms with Crippen LogP contribution in [-0.2, 0) is 4.74 Å². The molecule has 0 spiro atoms. The number of nitrogens with one attached hydrogen (secondary N) is 3. The molecule has 0 radical (unpaired) electrons. The fourth-order valence-electron chi connectivity index (χ4n) is 2.12. The highest BCUT2D eigenvalue weighted by atomic mass is 127. The summed E-state index contributed by atoms with van der Waals surface area (Å²) in [6, 6.07) is 13.3. The summed E-state index contributed by atoms with van der Waals surface area (Å²) in [5, 5.41) is 8.37. The normalized spacial score (nSPS) is 11.9. The molecule has 1 atom stereocenters. The van der Waals surface area contributed by atoms with Crippen molar-refractivity contribution in [3.05, 3.63) is 63.2 Å².